The molecule has 1 aliphatic rings. The summed E-state index contributed by atoms with van der Waals surface area (Å²) in [5.74, 6) is 0.868. The Balaban J connectivity index is 1.95. The van der Waals surface area contributed by atoms with Crippen LogP contribution in [0.2, 0.25) is 0 Å². The maximum Gasteiger partial charge on any atom is 0.146 e. The van der Waals surface area contributed by atoms with Crippen LogP contribution in [0, 0.1) is 6.92 Å². The van der Waals surface area contributed by atoms with Gasteiger partial charge in [0.05, 0.1) is 7.11 Å². The summed E-state index contributed by atoms with van der Waals surface area (Å²) in [6, 6.07) is 16.2. The predicted molar refractivity (Wildman–Crippen MR) is 89.0 cm³/mol. The van der Waals surface area contributed by atoms with Gasteiger partial charge in [0.25, 0.3) is 0 Å². The highest BCUT2D eigenvalue weighted by Crippen LogP contribution is 2.36. The Hall–Kier alpha value is -2.61. The van der Waals surface area contributed by atoms with Crippen LogP contribution in [0.25, 0.3) is 5.57 Å². The minimum atomic E-state index is 0.0372. The van der Waals surface area contributed by atoms with E-state index in [1.54, 1.807) is 7.11 Å². The van der Waals surface area contributed by atoms with Crippen molar-refractivity contribution in [2.45, 2.75) is 12.8 Å². The zero-order valence-corrected chi connectivity index (χ0v) is 12.7. The minimum absolute atomic E-state index is 0.0372. The summed E-state index contributed by atoms with van der Waals surface area (Å²) >= 11 is 0. The Kier molecular flexibility index (Phi) is 3.92. The average Bonchev–Trinajstić information content (AvgIpc) is 3.00. The molecule has 0 saturated carbocycles. The lowest BCUT2D eigenvalue weighted by molar-refractivity contribution is -0.105. The Bertz CT molecular complexity index is 734. The second-order valence-electron chi connectivity index (χ2n) is 5.50. The van der Waals surface area contributed by atoms with E-state index in [2.05, 4.69) is 37.3 Å². The average molecular weight is 290 g/mol. The number of hydrogen-bond donors (Lipinski definition) is 0. The van der Waals surface area contributed by atoms with Crippen molar-refractivity contribution in [2.75, 3.05) is 7.11 Å². The van der Waals surface area contributed by atoms with E-state index in [9.17, 15) is 4.79 Å². The van der Waals surface area contributed by atoms with Gasteiger partial charge < -0.3 is 4.74 Å². The zero-order valence-electron chi connectivity index (χ0n) is 12.7. The van der Waals surface area contributed by atoms with Crippen molar-refractivity contribution in [1.29, 1.82) is 0 Å². The maximum atomic E-state index is 11.4. The molecule has 0 amide bonds. The van der Waals surface area contributed by atoms with Crippen LogP contribution < -0.4 is 4.74 Å². The normalized spacial score (nSPS) is 16.9. The van der Waals surface area contributed by atoms with Crippen molar-refractivity contribution < 1.29 is 9.53 Å². The molecule has 0 N–H and O–H groups in total. The van der Waals surface area contributed by atoms with E-state index in [4.69, 9.17) is 4.74 Å². The summed E-state index contributed by atoms with van der Waals surface area (Å²) in [5.41, 5.74) is 5.34. The minimum Gasteiger partial charge on any atom is -0.497 e. The van der Waals surface area contributed by atoms with Crippen LogP contribution in [0.3, 0.4) is 0 Å². The number of aldehydes is 1. The van der Waals surface area contributed by atoms with Crippen LogP contribution in [0.4, 0.5) is 0 Å². The van der Waals surface area contributed by atoms with E-state index in [0.717, 1.165) is 34.3 Å². The molecule has 0 bridgehead atoms. The number of benzene rings is 2. The van der Waals surface area contributed by atoms with Crippen LogP contribution in [-0.4, -0.2) is 13.4 Å². The van der Waals surface area contributed by atoms with Gasteiger partial charge in [0.1, 0.15) is 12.0 Å². The van der Waals surface area contributed by atoms with Gasteiger partial charge in [-0.25, -0.2) is 0 Å². The smallest absolute Gasteiger partial charge is 0.146 e. The Morgan fingerprint density at radius 1 is 1.00 bits per heavy atom. The Labute approximate surface area is 130 Å². The molecule has 2 nitrogen and oxygen atoms in total. The molecule has 0 fully saturated rings. The van der Waals surface area contributed by atoms with Gasteiger partial charge in [0, 0.05) is 11.5 Å². The summed E-state index contributed by atoms with van der Waals surface area (Å²) in [6.45, 7) is 2.06. The highest BCUT2D eigenvalue weighted by Gasteiger charge is 2.21. The second-order valence-corrected chi connectivity index (χ2v) is 5.50. The number of carbonyl (C=O) groups excluding carboxylic acids is 1. The molecule has 3 rings (SSSR count). The molecule has 1 unspecified atom stereocenters. The Morgan fingerprint density at radius 2 is 1.68 bits per heavy atom. The van der Waals surface area contributed by atoms with Crippen molar-refractivity contribution in [2.24, 2.45) is 0 Å². The van der Waals surface area contributed by atoms with E-state index < -0.39 is 0 Å². The number of hydrogen-bond acceptors (Lipinski definition) is 2. The van der Waals surface area contributed by atoms with Crippen LogP contribution in [0.15, 0.2) is 66.3 Å². The molecular weight excluding hydrogens is 272 g/mol. The molecule has 0 aromatic heterocycles. The number of carbonyl (C=O) groups is 1. The fourth-order valence-corrected chi connectivity index (χ4v) is 2.73. The number of allylic oxidation sites excluding steroid dienone is 4. The van der Waals surface area contributed by atoms with E-state index in [0.29, 0.717) is 0 Å². The van der Waals surface area contributed by atoms with Crippen LogP contribution >= 0.6 is 0 Å². The summed E-state index contributed by atoms with van der Waals surface area (Å²) < 4.78 is 5.18. The first-order valence-corrected chi connectivity index (χ1v) is 7.31. The van der Waals surface area contributed by atoms with Crippen molar-refractivity contribution >= 4 is 11.9 Å². The third-order valence-electron chi connectivity index (χ3n) is 4.02. The summed E-state index contributed by atoms with van der Waals surface area (Å²) in [4.78, 5) is 11.4. The molecule has 1 atom stereocenters. The first-order valence-electron chi connectivity index (χ1n) is 7.31. The first kappa shape index (κ1) is 14.3. The lowest BCUT2D eigenvalue weighted by atomic mass is 9.94. The van der Waals surface area contributed by atoms with Gasteiger partial charge in [-0.15, -0.1) is 0 Å². The fraction of sp³-hybridized carbons (Fsp3) is 0.150. The van der Waals surface area contributed by atoms with Crippen molar-refractivity contribution in [3.63, 3.8) is 0 Å². The van der Waals surface area contributed by atoms with Crippen molar-refractivity contribution in [1.82, 2.24) is 0 Å². The van der Waals surface area contributed by atoms with Crippen molar-refractivity contribution in [3.05, 3.63) is 82.9 Å². The molecule has 0 heterocycles. The highest BCUT2D eigenvalue weighted by molar-refractivity contribution is 5.90. The molecule has 2 heteroatoms. The van der Waals surface area contributed by atoms with Gasteiger partial charge in [0.15, 0.2) is 0 Å². The van der Waals surface area contributed by atoms with E-state index >= 15 is 0 Å². The standard InChI is InChI=1S/C20H18O2/c1-14-3-5-16(6-4-14)20-12-17(11-18(20)13-21)15-7-9-19(22-2)10-8-15/h3-13,20H,1-2H3. The second kappa shape index (κ2) is 6.02. The lowest BCUT2D eigenvalue weighted by Crippen LogP contribution is -1.97. The summed E-state index contributed by atoms with van der Waals surface area (Å²) in [6.07, 6.45) is 5.08. The van der Waals surface area contributed by atoms with Crippen LogP contribution in [-0.2, 0) is 4.79 Å². The third kappa shape index (κ3) is 2.73. The SMILES string of the molecule is COc1ccc(C2=CC(c3ccc(C)cc3)C(C=O)=C2)cc1. The molecular formula is C20H18O2. The molecule has 22 heavy (non-hydrogen) atoms. The van der Waals surface area contributed by atoms with E-state index in [1.807, 2.05) is 30.3 Å². The Morgan fingerprint density at radius 3 is 2.27 bits per heavy atom. The molecule has 0 aliphatic heterocycles. The largest absolute Gasteiger partial charge is 0.497 e. The third-order valence-corrected chi connectivity index (χ3v) is 4.02. The molecule has 0 radical (unpaired) electrons. The highest BCUT2D eigenvalue weighted by atomic mass is 16.5. The molecule has 110 valence electrons. The molecule has 0 saturated heterocycles. The number of aryl methyl sites for hydroxylation is 1. The van der Waals surface area contributed by atoms with Gasteiger partial charge in [-0.1, -0.05) is 48.0 Å². The predicted octanol–water partition coefficient (Wildman–Crippen LogP) is 4.31. The molecule has 0 spiro atoms. The van der Waals surface area contributed by atoms with Crippen LogP contribution in [0.5, 0.6) is 5.75 Å². The fourth-order valence-electron chi connectivity index (χ4n) is 2.73. The topological polar surface area (TPSA) is 26.3 Å². The molecule has 2 aromatic rings. The van der Waals surface area contributed by atoms with Gasteiger partial charge >= 0.3 is 0 Å². The van der Waals surface area contributed by atoms with E-state index in [1.165, 1.54) is 5.56 Å². The first-order chi connectivity index (χ1) is 10.7. The zero-order chi connectivity index (χ0) is 15.5. The summed E-state index contributed by atoms with van der Waals surface area (Å²) in [7, 11) is 1.65. The van der Waals surface area contributed by atoms with Gasteiger partial charge in [-0.05, 0) is 41.8 Å². The monoisotopic (exact) mass is 290 g/mol. The van der Waals surface area contributed by atoms with E-state index in [-0.39, 0.29) is 5.92 Å². The number of methoxy groups -OCH3 is 1. The summed E-state index contributed by atoms with van der Waals surface area (Å²) in [5, 5.41) is 0. The van der Waals surface area contributed by atoms with Gasteiger partial charge in [0.2, 0.25) is 0 Å². The number of rotatable bonds is 4. The van der Waals surface area contributed by atoms with Crippen LogP contribution in [0.1, 0.15) is 22.6 Å². The number of ether oxygens (including phenoxy) is 1. The molecule has 1 aliphatic carbocycles. The van der Waals surface area contributed by atoms with Crippen molar-refractivity contribution in [3.8, 4) is 5.75 Å². The van der Waals surface area contributed by atoms with Gasteiger partial charge in [-0.3, -0.25) is 4.79 Å². The lowest BCUT2D eigenvalue weighted by Gasteiger charge is -2.09. The quantitative estimate of drug-likeness (QED) is 0.784. The maximum absolute atomic E-state index is 11.4. The van der Waals surface area contributed by atoms with Gasteiger partial charge in [-0.2, -0.15) is 0 Å². The molecule has 2 aromatic carbocycles.